The predicted octanol–water partition coefficient (Wildman–Crippen LogP) is 2.42. The average molecular weight is 219 g/mol. The lowest BCUT2D eigenvalue weighted by molar-refractivity contribution is 0.697. The van der Waals surface area contributed by atoms with E-state index in [1.807, 2.05) is 23.0 Å². The van der Waals surface area contributed by atoms with Crippen LogP contribution in [0.1, 0.15) is 23.3 Å². The zero-order valence-corrected chi connectivity index (χ0v) is 9.55. The Kier molecular flexibility index (Phi) is 2.09. The maximum absolute atomic E-state index is 4.15. The smallest absolute Gasteiger partial charge is 0.173 e. The van der Waals surface area contributed by atoms with Crippen LogP contribution >= 0.6 is 11.3 Å². The minimum atomic E-state index is 0.995. The summed E-state index contributed by atoms with van der Waals surface area (Å²) in [6, 6.07) is 2.29. The lowest BCUT2D eigenvalue weighted by Gasteiger charge is -2.08. The van der Waals surface area contributed by atoms with E-state index >= 15 is 0 Å². The van der Waals surface area contributed by atoms with Crippen LogP contribution in [0.15, 0.2) is 12.4 Å². The molecular weight excluding hydrogens is 206 g/mol. The molecule has 3 nitrogen and oxygen atoms in total. The van der Waals surface area contributed by atoms with Crippen LogP contribution in [0.2, 0.25) is 0 Å². The van der Waals surface area contributed by atoms with Crippen LogP contribution in [0, 0.1) is 0 Å². The molecule has 0 saturated carbocycles. The molecule has 2 aromatic heterocycles. The molecule has 15 heavy (non-hydrogen) atoms. The van der Waals surface area contributed by atoms with Gasteiger partial charge in [0.1, 0.15) is 6.33 Å². The first-order chi connectivity index (χ1) is 7.34. The summed E-state index contributed by atoms with van der Waals surface area (Å²) in [7, 11) is 1.99. The minimum absolute atomic E-state index is 0.995. The molecule has 4 heteroatoms. The zero-order valence-electron chi connectivity index (χ0n) is 8.73. The third-order valence-electron chi connectivity index (χ3n) is 2.93. The highest BCUT2D eigenvalue weighted by Gasteiger charge is 2.16. The van der Waals surface area contributed by atoms with E-state index in [0.717, 1.165) is 5.82 Å². The molecule has 78 valence electrons. The van der Waals surface area contributed by atoms with Crippen molar-refractivity contribution in [2.24, 2.45) is 7.05 Å². The summed E-state index contributed by atoms with van der Waals surface area (Å²) in [6.07, 6.45) is 6.92. The summed E-state index contributed by atoms with van der Waals surface area (Å²) in [4.78, 5) is 2.82. The zero-order chi connectivity index (χ0) is 10.3. The van der Waals surface area contributed by atoms with Crippen molar-refractivity contribution in [2.45, 2.75) is 25.7 Å². The van der Waals surface area contributed by atoms with E-state index in [1.54, 1.807) is 11.2 Å². The Morgan fingerprint density at radius 2 is 2.20 bits per heavy atom. The molecule has 0 bridgehead atoms. The van der Waals surface area contributed by atoms with Crippen molar-refractivity contribution in [1.82, 2.24) is 14.8 Å². The van der Waals surface area contributed by atoms with Crippen LogP contribution in [0.25, 0.3) is 10.7 Å². The van der Waals surface area contributed by atoms with Crippen LogP contribution in [-0.4, -0.2) is 14.8 Å². The Bertz CT molecular complexity index is 460. The van der Waals surface area contributed by atoms with Gasteiger partial charge in [-0.15, -0.1) is 21.5 Å². The van der Waals surface area contributed by atoms with Crippen molar-refractivity contribution in [2.75, 3.05) is 0 Å². The van der Waals surface area contributed by atoms with Crippen LogP contribution < -0.4 is 0 Å². The summed E-state index contributed by atoms with van der Waals surface area (Å²) in [5.74, 6) is 0.995. The molecule has 2 aromatic rings. The van der Waals surface area contributed by atoms with Gasteiger partial charge in [-0.2, -0.15) is 0 Å². The van der Waals surface area contributed by atoms with E-state index in [9.17, 15) is 0 Å². The lowest BCUT2D eigenvalue weighted by Crippen LogP contribution is -1.96. The third-order valence-corrected chi connectivity index (χ3v) is 4.16. The number of rotatable bonds is 1. The Hall–Kier alpha value is -1.16. The lowest BCUT2D eigenvalue weighted by atomic mass is 9.99. The fourth-order valence-corrected chi connectivity index (χ4v) is 3.39. The van der Waals surface area contributed by atoms with Crippen molar-refractivity contribution in [3.63, 3.8) is 0 Å². The van der Waals surface area contributed by atoms with Crippen molar-refractivity contribution in [1.29, 1.82) is 0 Å². The van der Waals surface area contributed by atoms with Gasteiger partial charge in [-0.3, -0.25) is 0 Å². The van der Waals surface area contributed by atoms with Crippen molar-refractivity contribution in [3.05, 3.63) is 22.8 Å². The summed E-state index contributed by atoms with van der Waals surface area (Å²) in [5, 5.41) is 8.08. The van der Waals surface area contributed by atoms with Gasteiger partial charge < -0.3 is 4.57 Å². The standard InChI is InChI=1S/C11H13N3S/c1-14-7-12-13-11(14)10-6-8-4-2-3-5-9(8)15-10/h6-7H,2-5H2,1H3. The fraction of sp³-hybridized carbons (Fsp3) is 0.455. The van der Waals surface area contributed by atoms with E-state index in [-0.39, 0.29) is 0 Å². The molecule has 0 atom stereocenters. The Labute approximate surface area is 92.8 Å². The van der Waals surface area contributed by atoms with Crippen molar-refractivity contribution >= 4 is 11.3 Å². The molecule has 0 N–H and O–H groups in total. The normalized spacial score (nSPS) is 15.3. The quantitative estimate of drug-likeness (QED) is 0.737. The number of thiophene rings is 1. The van der Waals surface area contributed by atoms with Crippen LogP contribution in [0.3, 0.4) is 0 Å². The number of nitrogens with zero attached hydrogens (tertiary/aromatic N) is 3. The topological polar surface area (TPSA) is 30.7 Å². The second-order valence-corrected chi connectivity index (χ2v) is 5.17. The molecule has 0 spiro atoms. The highest BCUT2D eigenvalue weighted by Crippen LogP contribution is 2.34. The third kappa shape index (κ3) is 1.49. The number of fused-ring (bicyclic) bond motifs is 1. The van der Waals surface area contributed by atoms with Gasteiger partial charge in [0.15, 0.2) is 5.82 Å². The second kappa shape index (κ2) is 3.45. The summed E-state index contributed by atoms with van der Waals surface area (Å²) in [6.45, 7) is 0. The van der Waals surface area contributed by atoms with Crippen LogP contribution in [0.4, 0.5) is 0 Å². The van der Waals surface area contributed by atoms with E-state index < -0.39 is 0 Å². The van der Waals surface area contributed by atoms with Gasteiger partial charge in [0.2, 0.25) is 0 Å². The molecule has 0 amide bonds. The number of aryl methyl sites for hydroxylation is 3. The van der Waals surface area contributed by atoms with Crippen molar-refractivity contribution in [3.8, 4) is 10.7 Å². The van der Waals surface area contributed by atoms with Gasteiger partial charge in [-0.25, -0.2) is 0 Å². The van der Waals surface area contributed by atoms with E-state index in [2.05, 4.69) is 16.3 Å². The average Bonchev–Trinajstić information content (AvgIpc) is 2.82. The maximum Gasteiger partial charge on any atom is 0.173 e. The van der Waals surface area contributed by atoms with Gasteiger partial charge in [0, 0.05) is 11.9 Å². The van der Waals surface area contributed by atoms with Gasteiger partial charge in [0.25, 0.3) is 0 Å². The molecule has 0 aromatic carbocycles. The monoisotopic (exact) mass is 219 g/mol. The van der Waals surface area contributed by atoms with E-state index in [0.29, 0.717) is 0 Å². The first-order valence-electron chi connectivity index (χ1n) is 5.30. The first-order valence-corrected chi connectivity index (χ1v) is 6.12. The van der Waals surface area contributed by atoms with E-state index in [1.165, 1.54) is 36.1 Å². The highest BCUT2D eigenvalue weighted by molar-refractivity contribution is 7.15. The molecule has 3 rings (SSSR count). The minimum Gasteiger partial charge on any atom is -0.316 e. The Balaban J connectivity index is 2.06. The SMILES string of the molecule is Cn1cnnc1-c1cc2c(s1)CCCC2. The Morgan fingerprint density at radius 3 is 2.93 bits per heavy atom. The van der Waals surface area contributed by atoms with Crippen LogP contribution in [-0.2, 0) is 19.9 Å². The molecule has 0 fully saturated rings. The summed E-state index contributed by atoms with van der Waals surface area (Å²) in [5.41, 5.74) is 1.53. The van der Waals surface area contributed by atoms with Gasteiger partial charge >= 0.3 is 0 Å². The van der Waals surface area contributed by atoms with Gasteiger partial charge in [-0.05, 0) is 37.3 Å². The van der Waals surface area contributed by atoms with Crippen LogP contribution in [0.5, 0.6) is 0 Å². The molecule has 0 saturated heterocycles. The molecule has 0 aliphatic heterocycles. The molecule has 0 unspecified atom stereocenters. The maximum atomic E-state index is 4.15. The largest absolute Gasteiger partial charge is 0.316 e. The molecule has 1 aliphatic rings. The first kappa shape index (κ1) is 9.09. The summed E-state index contributed by atoms with van der Waals surface area (Å²) >= 11 is 1.88. The highest BCUT2D eigenvalue weighted by atomic mass is 32.1. The van der Waals surface area contributed by atoms with Gasteiger partial charge in [0.05, 0.1) is 4.88 Å². The number of aromatic nitrogens is 3. The number of hydrogen-bond acceptors (Lipinski definition) is 3. The predicted molar refractivity (Wildman–Crippen MR) is 61.0 cm³/mol. The van der Waals surface area contributed by atoms with Gasteiger partial charge in [-0.1, -0.05) is 0 Å². The summed E-state index contributed by atoms with van der Waals surface area (Å²) < 4.78 is 1.98. The molecule has 0 radical (unpaired) electrons. The molecular formula is C11H13N3S. The Morgan fingerprint density at radius 1 is 1.33 bits per heavy atom. The fourth-order valence-electron chi connectivity index (χ4n) is 2.11. The second-order valence-electron chi connectivity index (χ2n) is 4.03. The van der Waals surface area contributed by atoms with Crippen molar-refractivity contribution < 1.29 is 0 Å². The molecule has 1 aliphatic carbocycles. The molecule has 2 heterocycles. The van der Waals surface area contributed by atoms with E-state index in [4.69, 9.17) is 0 Å². The number of hydrogen-bond donors (Lipinski definition) is 0.